The summed E-state index contributed by atoms with van der Waals surface area (Å²) in [6, 6.07) is 5.66. The fraction of sp³-hybridized carbons (Fsp3) is 0.500. The van der Waals surface area contributed by atoms with Crippen molar-refractivity contribution in [3.63, 3.8) is 0 Å². The van der Waals surface area contributed by atoms with Gasteiger partial charge in [0.1, 0.15) is 23.3 Å². The van der Waals surface area contributed by atoms with Gasteiger partial charge in [0.15, 0.2) is 5.03 Å². The van der Waals surface area contributed by atoms with Crippen LogP contribution in [0.4, 0.5) is 5.82 Å². The Morgan fingerprint density at radius 1 is 1.35 bits per heavy atom. The first-order chi connectivity index (χ1) is 11.0. The summed E-state index contributed by atoms with van der Waals surface area (Å²) in [5.41, 5.74) is 6.30. The molecule has 1 aromatic rings. The fourth-order valence-electron chi connectivity index (χ4n) is 2.61. The number of nitrogen functional groups attached to an aromatic ring is 1. The fourth-order valence-corrected chi connectivity index (χ4v) is 3.54. The molecule has 1 atom stereocenters. The number of carbonyl (C=O) groups excluding carboxylic acids is 1. The number of rotatable bonds is 4. The molecule has 1 heterocycles. The van der Waals surface area contributed by atoms with Crippen molar-refractivity contribution < 1.29 is 9.78 Å². The monoisotopic (exact) mass is 330 g/mol. The van der Waals surface area contributed by atoms with Gasteiger partial charge in [-0.2, -0.15) is 10.5 Å². The molecule has 0 spiro atoms. The van der Waals surface area contributed by atoms with E-state index >= 15 is 0 Å². The molecule has 0 radical (unpaired) electrons. The third-order valence-electron chi connectivity index (χ3n) is 3.93. The van der Waals surface area contributed by atoms with Gasteiger partial charge in [0, 0.05) is 6.04 Å². The van der Waals surface area contributed by atoms with Gasteiger partial charge in [-0.05, 0) is 25.8 Å². The van der Waals surface area contributed by atoms with Crippen LogP contribution in [0.25, 0.3) is 0 Å². The molecule has 0 aromatic carbocycles. The lowest BCUT2D eigenvalue weighted by atomic mass is 9.95. The Kier molecular flexibility index (Phi) is 5.84. The normalized spacial score (nSPS) is 16.1. The molecule has 7 heteroatoms. The largest absolute Gasteiger partial charge is 0.352 e. The van der Waals surface area contributed by atoms with Gasteiger partial charge in [-0.3, -0.25) is 10.5 Å². The molecule has 120 valence electrons. The molecular formula is C16H20N5OS+. The quantitative estimate of drug-likeness (QED) is 0.816. The second-order valence-electron chi connectivity index (χ2n) is 5.67. The van der Waals surface area contributed by atoms with Gasteiger partial charge >= 0.3 is 0 Å². The van der Waals surface area contributed by atoms with E-state index in [1.165, 1.54) is 24.2 Å². The molecule has 6 nitrogen and oxygen atoms in total. The van der Waals surface area contributed by atoms with Crippen molar-refractivity contribution in [3.05, 3.63) is 17.2 Å². The van der Waals surface area contributed by atoms with E-state index in [2.05, 4.69) is 10.3 Å². The number of nitrogens with one attached hydrogen (secondary N) is 2. The smallest absolute Gasteiger partial charge is 0.289 e. The topological polar surface area (TPSA) is 117 Å². The van der Waals surface area contributed by atoms with E-state index in [1.807, 2.05) is 12.1 Å². The van der Waals surface area contributed by atoms with E-state index in [-0.39, 0.29) is 28.6 Å². The van der Waals surface area contributed by atoms with Crippen LogP contribution in [0.3, 0.4) is 0 Å². The van der Waals surface area contributed by atoms with Crippen LogP contribution in [0.15, 0.2) is 11.1 Å². The molecule has 1 saturated carbocycles. The number of hydrogen-bond acceptors (Lipinski definition) is 5. The SMILES string of the molecule is C[C@H](Sc1[nH+]c(N)c(C#N)cc1C#N)C(=O)NC1CCCCC1. The molecule has 23 heavy (non-hydrogen) atoms. The first kappa shape index (κ1) is 17.1. The summed E-state index contributed by atoms with van der Waals surface area (Å²) in [4.78, 5) is 15.2. The minimum atomic E-state index is -0.354. The lowest BCUT2D eigenvalue weighted by molar-refractivity contribution is -0.410. The average Bonchev–Trinajstić information content (AvgIpc) is 2.56. The Morgan fingerprint density at radius 3 is 2.61 bits per heavy atom. The summed E-state index contributed by atoms with van der Waals surface area (Å²) in [6.07, 6.45) is 5.61. The van der Waals surface area contributed by atoms with Crippen LogP contribution in [0.5, 0.6) is 0 Å². The number of nitriles is 2. The van der Waals surface area contributed by atoms with Gasteiger partial charge in [0.2, 0.25) is 5.91 Å². The van der Waals surface area contributed by atoms with E-state index < -0.39 is 0 Å². The maximum Gasteiger partial charge on any atom is 0.289 e. The van der Waals surface area contributed by atoms with E-state index in [0.717, 1.165) is 25.7 Å². The summed E-state index contributed by atoms with van der Waals surface area (Å²) in [7, 11) is 0. The van der Waals surface area contributed by atoms with E-state index in [0.29, 0.717) is 10.6 Å². The highest BCUT2D eigenvalue weighted by molar-refractivity contribution is 8.00. The number of hydrogen-bond donors (Lipinski definition) is 2. The van der Waals surface area contributed by atoms with Crippen LogP contribution in [0.1, 0.15) is 50.2 Å². The van der Waals surface area contributed by atoms with Gasteiger partial charge < -0.3 is 5.32 Å². The Morgan fingerprint density at radius 2 is 2.00 bits per heavy atom. The molecular weight excluding hydrogens is 310 g/mol. The summed E-state index contributed by atoms with van der Waals surface area (Å²) in [6.45, 7) is 1.80. The number of nitrogens with two attached hydrogens (primary N) is 1. The van der Waals surface area contributed by atoms with Crippen molar-refractivity contribution in [2.24, 2.45) is 0 Å². The third kappa shape index (κ3) is 4.37. The van der Waals surface area contributed by atoms with Crippen molar-refractivity contribution in [3.8, 4) is 12.1 Å². The Labute approximate surface area is 140 Å². The van der Waals surface area contributed by atoms with Gasteiger partial charge in [0.05, 0.1) is 5.25 Å². The second-order valence-corrected chi connectivity index (χ2v) is 7.02. The maximum atomic E-state index is 12.3. The Balaban J connectivity index is 2.06. The summed E-state index contributed by atoms with van der Waals surface area (Å²) < 4.78 is 0. The standard InChI is InChI=1S/C16H19N5OS/c1-10(15(22)20-13-5-3-2-4-6-13)23-16-12(9-18)7-11(8-17)14(19)21-16/h7,10,13H,2-6H2,1H3,(H2,19,21)(H,20,22)/p+1/t10-/m0/s1. The third-order valence-corrected chi connectivity index (χ3v) is 5.05. The summed E-state index contributed by atoms with van der Waals surface area (Å²) in [5.74, 6) is 0.163. The zero-order valence-corrected chi connectivity index (χ0v) is 13.9. The molecule has 0 unspecified atom stereocenters. The highest BCUT2D eigenvalue weighted by atomic mass is 32.2. The highest BCUT2D eigenvalue weighted by Gasteiger charge is 2.23. The van der Waals surface area contributed by atoms with E-state index in [9.17, 15) is 10.1 Å². The number of carbonyl (C=O) groups is 1. The Bertz CT molecular complexity index is 670. The van der Waals surface area contributed by atoms with Crippen molar-refractivity contribution in [1.82, 2.24) is 5.32 Å². The average molecular weight is 330 g/mol. The first-order valence-electron chi connectivity index (χ1n) is 7.68. The lowest BCUT2D eigenvalue weighted by Crippen LogP contribution is -2.40. The molecule has 4 N–H and O–H groups in total. The minimum Gasteiger partial charge on any atom is -0.352 e. The van der Waals surface area contributed by atoms with Crippen LogP contribution >= 0.6 is 11.8 Å². The highest BCUT2D eigenvalue weighted by Crippen LogP contribution is 2.25. The van der Waals surface area contributed by atoms with Crippen LogP contribution in [-0.4, -0.2) is 17.2 Å². The number of aromatic nitrogens is 1. The summed E-state index contributed by atoms with van der Waals surface area (Å²) in [5, 5.41) is 21.4. The van der Waals surface area contributed by atoms with E-state index in [1.54, 1.807) is 6.92 Å². The lowest BCUT2D eigenvalue weighted by Gasteiger charge is -2.24. The number of H-pyrrole nitrogens is 1. The number of thioether (sulfide) groups is 1. The molecule has 1 aromatic heterocycles. The Hall–Kier alpha value is -2.25. The van der Waals surface area contributed by atoms with Crippen LogP contribution in [-0.2, 0) is 4.79 Å². The molecule has 1 aliphatic carbocycles. The van der Waals surface area contributed by atoms with E-state index in [4.69, 9.17) is 11.0 Å². The molecule has 0 bridgehead atoms. The maximum absolute atomic E-state index is 12.3. The molecule has 0 aliphatic heterocycles. The van der Waals surface area contributed by atoms with Crippen molar-refractivity contribution in [2.75, 3.05) is 5.73 Å². The number of amides is 1. The zero-order valence-electron chi connectivity index (χ0n) is 13.1. The van der Waals surface area contributed by atoms with Gasteiger partial charge in [-0.15, -0.1) is 0 Å². The predicted molar refractivity (Wildman–Crippen MR) is 87.2 cm³/mol. The first-order valence-corrected chi connectivity index (χ1v) is 8.56. The molecule has 1 fully saturated rings. The van der Waals surface area contributed by atoms with Crippen LogP contribution in [0, 0.1) is 22.7 Å². The van der Waals surface area contributed by atoms with Crippen LogP contribution < -0.4 is 16.0 Å². The summed E-state index contributed by atoms with van der Waals surface area (Å²) >= 11 is 1.25. The zero-order chi connectivity index (χ0) is 16.8. The minimum absolute atomic E-state index is 0.0397. The molecule has 0 saturated heterocycles. The van der Waals surface area contributed by atoms with Crippen LogP contribution in [0.2, 0.25) is 0 Å². The van der Waals surface area contributed by atoms with Gasteiger partial charge in [0.25, 0.3) is 5.82 Å². The second kappa shape index (κ2) is 7.85. The van der Waals surface area contributed by atoms with Gasteiger partial charge in [-0.25, -0.2) is 4.98 Å². The molecule has 1 aliphatic rings. The van der Waals surface area contributed by atoms with Crippen molar-refractivity contribution in [1.29, 1.82) is 10.5 Å². The molecule has 1 amide bonds. The van der Waals surface area contributed by atoms with Crippen molar-refractivity contribution >= 4 is 23.5 Å². The number of aromatic amines is 1. The number of pyridine rings is 1. The van der Waals surface area contributed by atoms with Crippen molar-refractivity contribution in [2.45, 2.75) is 55.3 Å². The van der Waals surface area contributed by atoms with Gasteiger partial charge in [-0.1, -0.05) is 31.0 Å². The molecule has 2 rings (SSSR count). The predicted octanol–water partition coefficient (Wildman–Crippen LogP) is 1.76. The number of nitrogens with zero attached hydrogens (tertiary/aromatic N) is 2. The number of anilines is 1.